The number of nitrogens with two attached hydrogens (primary N) is 1. The van der Waals surface area contributed by atoms with Gasteiger partial charge in [-0.05, 0) is 26.0 Å². The highest BCUT2D eigenvalue weighted by Crippen LogP contribution is 2.13. The molecule has 2 N–H and O–H groups in total. The molecule has 1 heterocycles. The van der Waals surface area contributed by atoms with Crippen LogP contribution in [-0.4, -0.2) is 49.8 Å². The van der Waals surface area contributed by atoms with Crippen LogP contribution in [0.4, 0.5) is 0 Å². The molecule has 1 aliphatic heterocycles. The van der Waals surface area contributed by atoms with Gasteiger partial charge in [-0.2, -0.15) is 0 Å². The second-order valence-electron chi connectivity index (χ2n) is 5.04. The Hall–Kier alpha value is -1.75. The SMILES string of the molecule is Cc1ccc(OC(C)CN=C(N)N2CCOCC2)cc1. The first-order valence-electron chi connectivity index (χ1n) is 7.01. The molecule has 0 amide bonds. The van der Waals surface area contributed by atoms with Gasteiger partial charge in [0.15, 0.2) is 5.96 Å². The standard InChI is InChI=1S/C15H23N3O2/c1-12-3-5-14(6-4-12)20-13(2)11-17-15(16)18-7-9-19-10-8-18/h3-6,13H,7-11H2,1-2H3,(H2,16,17). The summed E-state index contributed by atoms with van der Waals surface area (Å²) in [6.07, 6.45) is -0.00250. The zero-order valence-corrected chi connectivity index (χ0v) is 12.2. The molecule has 110 valence electrons. The highest BCUT2D eigenvalue weighted by atomic mass is 16.5. The lowest BCUT2D eigenvalue weighted by atomic mass is 10.2. The number of hydrogen-bond donors (Lipinski definition) is 1. The van der Waals surface area contributed by atoms with Crippen molar-refractivity contribution in [2.24, 2.45) is 10.7 Å². The molecule has 0 aliphatic carbocycles. The molecule has 2 rings (SSSR count). The smallest absolute Gasteiger partial charge is 0.191 e. The largest absolute Gasteiger partial charge is 0.489 e. The van der Waals surface area contributed by atoms with Crippen LogP contribution in [0.1, 0.15) is 12.5 Å². The van der Waals surface area contributed by atoms with E-state index in [0.29, 0.717) is 25.7 Å². The van der Waals surface area contributed by atoms with Crippen LogP contribution >= 0.6 is 0 Å². The second-order valence-corrected chi connectivity index (χ2v) is 5.04. The maximum atomic E-state index is 5.97. The molecule has 1 unspecified atom stereocenters. The molecular weight excluding hydrogens is 254 g/mol. The molecule has 0 bridgehead atoms. The van der Waals surface area contributed by atoms with Gasteiger partial charge in [0, 0.05) is 13.1 Å². The number of rotatable bonds is 4. The number of ether oxygens (including phenoxy) is 2. The summed E-state index contributed by atoms with van der Waals surface area (Å²) in [6.45, 7) is 7.65. The van der Waals surface area contributed by atoms with Crippen LogP contribution in [0.25, 0.3) is 0 Å². The minimum atomic E-state index is -0.00250. The Balaban J connectivity index is 1.81. The van der Waals surface area contributed by atoms with Crippen LogP contribution in [0.15, 0.2) is 29.3 Å². The fraction of sp³-hybridized carbons (Fsp3) is 0.533. The average Bonchev–Trinajstić information content (AvgIpc) is 2.48. The minimum Gasteiger partial charge on any atom is -0.489 e. The zero-order valence-electron chi connectivity index (χ0n) is 12.2. The number of hydrogen-bond acceptors (Lipinski definition) is 3. The van der Waals surface area contributed by atoms with Crippen molar-refractivity contribution in [3.63, 3.8) is 0 Å². The third kappa shape index (κ3) is 4.42. The van der Waals surface area contributed by atoms with Gasteiger partial charge >= 0.3 is 0 Å². The van der Waals surface area contributed by atoms with E-state index in [4.69, 9.17) is 15.2 Å². The molecule has 1 fully saturated rings. The van der Waals surface area contributed by atoms with Crippen LogP contribution in [-0.2, 0) is 4.74 Å². The predicted octanol–water partition coefficient (Wildman–Crippen LogP) is 1.41. The van der Waals surface area contributed by atoms with Gasteiger partial charge in [-0.3, -0.25) is 0 Å². The summed E-state index contributed by atoms with van der Waals surface area (Å²) >= 11 is 0. The first kappa shape index (κ1) is 14.7. The van der Waals surface area contributed by atoms with Crippen LogP contribution < -0.4 is 10.5 Å². The van der Waals surface area contributed by atoms with Gasteiger partial charge in [-0.1, -0.05) is 17.7 Å². The molecule has 1 atom stereocenters. The molecule has 1 saturated heterocycles. The molecule has 5 nitrogen and oxygen atoms in total. The summed E-state index contributed by atoms with van der Waals surface area (Å²) in [5.41, 5.74) is 7.20. The molecule has 0 spiro atoms. The lowest BCUT2D eigenvalue weighted by Gasteiger charge is -2.27. The summed E-state index contributed by atoms with van der Waals surface area (Å²) < 4.78 is 11.1. The molecule has 5 heteroatoms. The van der Waals surface area contributed by atoms with Crippen molar-refractivity contribution >= 4 is 5.96 Å². The molecule has 1 aromatic carbocycles. The Labute approximate surface area is 120 Å². The number of benzene rings is 1. The van der Waals surface area contributed by atoms with Crippen molar-refractivity contribution in [3.05, 3.63) is 29.8 Å². The number of aryl methyl sites for hydroxylation is 1. The quantitative estimate of drug-likeness (QED) is 0.668. The Kier molecular flexibility index (Phi) is 5.24. The number of nitrogens with zero attached hydrogens (tertiary/aromatic N) is 2. The molecule has 0 aromatic heterocycles. The van der Waals surface area contributed by atoms with E-state index >= 15 is 0 Å². The van der Waals surface area contributed by atoms with E-state index < -0.39 is 0 Å². The summed E-state index contributed by atoms with van der Waals surface area (Å²) in [4.78, 5) is 6.45. The van der Waals surface area contributed by atoms with E-state index in [1.807, 2.05) is 36.1 Å². The van der Waals surface area contributed by atoms with E-state index in [2.05, 4.69) is 11.9 Å². The summed E-state index contributed by atoms with van der Waals surface area (Å²) in [5, 5.41) is 0. The van der Waals surface area contributed by atoms with Crippen molar-refractivity contribution < 1.29 is 9.47 Å². The predicted molar refractivity (Wildman–Crippen MR) is 80.2 cm³/mol. The lowest BCUT2D eigenvalue weighted by Crippen LogP contribution is -2.45. The fourth-order valence-electron chi connectivity index (χ4n) is 2.00. The molecule has 1 aliphatic rings. The van der Waals surface area contributed by atoms with Crippen LogP contribution in [0, 0.1) is 6.92 Å². The number of aliphatic imine (C=N–C) groups is 1. The molecule has 0 saturated carbocycles. The van der Waals surface area contributed by atoms with Gasteiger partial charge in [-0.15, -0.1) is 0 Å². The zero-order chi connectivity index (χ0) is 14.4. The van der Waals surface area contributed by atoms with E-state index in [0.717, 1.165) is 18.8 Å². The second kappa shape index (κ2) is 7.14. The molecule has 20 heavy (non-hydrogen) atoms. The third-order valence-electron chi connectivity index (χ3n) is 3.20. The number of morpholine rings is 1. The topological polar surface area (TPSA) is 60.1 Å². The van der Waals surface area contributed by atoms with Crippen LogP contribution in [0.2, 0.25) is 0 Å². The van der Waals surface area contributed by atoms with Gasteiger partial charge in [-0.25, -0.2) is 4.99 Å². The Morgan fingerprint density at radius 1 is 1.35 bits per heavy atom. The molecule has 1 aromatic rings. The first-order valence-corrected chi connectivity index (χ1v) is 7.01. The third-order valence-corrected chi connectivity index (χ3v) is 3.20. The summed E-state index contributed by atoms with van der Waals surface area (Å²) in [6, 6.07) is 8.02. The van der Waals surface area contributed by atoms with Gasteiger partial charge in [0.05, 0.1) is 19.8 Å². The fourth-order valence-corrected chi connectivity index (χ4v) is 2.00. The van der Waals surface area contributed by atoms with Gasteiger partial charge in [0.1, 0.15) is 11.9 Å². The van der Waals surface area contributed by atoms with Crippen LogP contribution in [0.5, 0.6) is 5.75 Å². The van der Waals surface area contributed by atoms with E-state index in [-0.39, 0.29) is 6.10 Å². The minimum absolute atomic E-state index is 0.00250. The van der Waals surface area contributed by atoms with Crippen LogP contribution in [0.3, 0.4) is 0 Å². The summed E-state index contributed by atoms with van der Waals surface area (Å²) in [7, 11) is 0. The van der Waals surface area contributed by atoms with E-state index in [1.54, 1.807) is 0 Å². The first-order chi connectivity index (χ1) is 9.65. The normalized spacial score (nSPS) is 17.9. The van der Waals surface area contributed by atoms with Crippen molar-refractivity contribution in [3.8, 4) is 5.75 Å². The molecular formula is C15H23N3O2. The number of guanidine groups is 1. The van der Waals surface area contributed by atoms with Gasteiger partial charge < -0.3 is 20.1 Å². The van der Waals surface area contributed by atoms with Crippen molar-refractivity contribution in [2.45, 2.75) is 20.0 Å². The maximum absolute atomic E-state index is 5.97. The summed E-state index contributed by atoms with van der Waals surface area (Å²) in [5.74, 6) is 1.44. The monoisotopic (exact) mass is 277 g/mol. The van der Waals surface area contributed by atoms with Crippen molar-refractivity contribution in [2.75, 3.05) is 32.8 Å². The van der Waals surface area contributed by atoms with E-state index in [9.17, 15) is 0 Å². The van der Waals surface area contributed by atoms with E-state index in [1.165, 1.54) is 5.56 Å². The Morgan fingerprint density at radius 3 is 2.65 bits per heavy atom. The maximum Gasteiger partial charge on any atom is 0.191 e. The highest BCUT2D eigenvalue weighted by molar-refractivity contribution is 5.78. The lowest BCUT2D eigenvalue weighted by molar-refractivity contribution is 0.0673. The van der Waals surface area contributed by atoms with Gasteiger partial charge in [0.25, 0.3) is 0 Å². The molecule has 0 radical (unpaired) electrons. The average molecular weight is 277 g/mol. The van der Waals surface area contributed by atoms with Gasteiger partial charge in [0.2, 0.25) is 0 Å². The highest BCUT2D eigenvalue weighted by Gasteiger charge is 2.12. The Morgan fingerprint density at radius 2 is 2.00 bits per heavy atom. The van der Waals surface area contributed by atoms with Crippen molar-refractivity contribution in [1.82, 2.24) is 4.90 Å². The van der Waals surface area contributed by atoms with Crippen molar-refractivity contribution in [1.29, 1.82) is 0 Å². The Bertz CT molecular complexity index is 439.